The highest BCUT2D eigenvalue weighted by Gasteiger charge is 2.25. The lowest BCUT2D eigenvalue weighted by molar-refractivity contribution is 0.0935. The van der Waals surface area contributed by atoms with Crippen molar-refractivity contribution in [3.63, 3.8) is 0 Å². The van der Waals surface area contributed by atoms with Crippen molar-refractivity contribution < 1.29 is 13.9 Å². The van der Waals surface area contributed by atoms with Crippen molar-refractivity contribution >= 4 is 17.5 Å². The number of nitrogens with zero attached hydrogens (tertiary/aromatic N) is 4. The van der Waals surface area contributed by atoms with Crippen molar-refractivity contribution in [1.82, 2.24) is 24.6 Å². The highest BCUT2D eigenvalue weighted by atomic mass is 35.5. The summed E-state index contributed by atoms with van der Waals surface area (Å²) in [4.78, 5) is 17.9. The number of imidazole rings is 1. The third kappa shape index (κ3) is 4.56. The Labute approximate surface area is 206 Å². The van der Waals surface area contributed by atoms with Gasteiger partial charge in [-0.3, -0.25) is 4.79 Å². The molecule has 1 amide bonds. The van der Waals surface area contributed by atoms with Gasteiger partial charge in [0.1, 0.15) is 23.3 Å². The molecule has 2 aromatic carbocycles. The first kappa shape index (κ1) is 22.5. The van der Waals surface area contributed by atoms with Gasteiger partial charge in [-0.1, -0.05) is 23.7 Å². The average molecular weight is 488 g/mol. The van der Waals surface area contributed by atoms with E-state index in [-0.39, 0.29) is 11.6 Å². The highest BCUT2D eigenvalue weighted by molar-refractivity contribution is 6.30. The molecule has 0 bridgehead atoms. The molecule has 3 heterocycles. The van der Waals surface area contributed by atoms with E-state index in [0.29, 0.717) is 22.3 Å². The molecule has 0 saturated heterocycles. The van der Waals surface area contributed by atoms with E-state index in [1.807, 2.05) is 60.3 Å². The number of furan rings is 1. The van der Waals surface area contributed by atoms with Gasteiger partial charge in [-0.2, -0.15) is 5.10 Å². The first-order valence-corrected chi connectivity index (χ1v) is 11.2. The van der Waals surface area contributed by atoms with E-state index in [1.54, 1.807) is 48.5 Å². The lowest BCUT2D eigenvalue weighted by Gasteiger charge is -2.19. The van der Waals surface area contributed by atoms with E-state index in [0.717, 1.165) is 17.0 Å². The molecule has 0 aliphatic carbocycles. The van der Waals surface area contributed by atoms with Gasteiger partial charge in [0.15, 0.2) is 11.5 Å². The van der Waals surface area contributed by atoms with Gasteiger partial charge in [0.05, 0.1) is 19.1 Å². The third-order valence-corrected chi connectivity index (χ3v) is 5.88. The lowest BCUT2D eigenvalue weighted by Crippen LogP contribution is -2.31. The van der Waals surface area contributed by atoms with Gasteiger partial charge in [-0.05, 0) is 54.1 Å². The Hall–Kier alpha value is -4.30. The Kier molecular flexibility index (Phi) is 6.12. The standard InChI is InChI=1S/C26H22ClN5O3/c1-31-14-13-28-25(31)24(17-5-11-20(34-2)12-6-17)29-26(33)21-16-22(23-4-3-15-35-23)32(30-21)19-9-7-18(27)8-10-19/h3-16,24H,1-2H3,(H,29,33). The normalized spacial score (nSPS) is 11.9. The Morgan fingerprint density at radius 3 is 2.51 bits per heavy atom. The summed E-state index contributed by atoms with van der Waals surface area (Å²) in [5.41, 5.74) is 2.48. The van der Waals surface area contributed by atoms with Crippen LogP contribution < -0.4 is 10.1 Å². The number of halogens is 1. The number of methoxy groups -OCH3 is 1. The van der Waals surface area contributed by atoms with Crippen LogP contribution in [0, 0.1) is 0 Å². The van der Waals surface area contributed by atoms with Gasteiger partial charge in [-0.25, -0.2) is 9.67 Å². The number of benzene rings is 2. The number of aromatic nitrogens is 4. The highest BCUT2D eigenvalue weighted by Crippen LogP contribution is 2.27. The summed E-state index contributed by atoms with van der Waals surface area (Å²) in [6.45, 7) is 0. The van der Waals surface area contributed by atoms with Gasteiger partial charge in [0.2, 0.25) is 0 Å². The zero-order chi connectivity index (χ0) is 24.4. The summed E-state index contributed by atoms with van der Waals surface area (Å²) >= 11 is 6.06. The van der Waals surface area contributed by atoms with E-state index in [9.17, 15) is 4.79 Å². The molecule has 3 aromatic heterocycles. The summed E-state index contributed by atoms with van der Waals surface area (Å²) in [5.74, 6) is 1.65. The van der Waals surface area contributed by atoms with E-state index < -0.39 is 6.04 Å². The number of ether oxygens (including phenoxy) is 1. The molecule has 0 fully saturated rings. The van der Waals surface area contributed by atoms with Gasteiger partial charge < -0.3 is 19.0 Å². The van der Waals surface area contributed by atoms with Crippen molar-refractivity contribution in [1.29, 1.82) is 0 Å². The van der Waals surface area contributed by atoms with Crippen LogP contribution >= 0.6 is 11.6 Å². The van der Waals surface area contributed by atoms with Gasteiger partial charge in [0.25, 0.3) is 5.91 Å². The molecule has 1 N–H and O–H groups in total. The Balaban J connectivity index is 1.52. The molecule has 35 heavy (non-hydrogen) atoms. The monoisotopic (exact) mass is 487 g/mol. The van der Waals surface area contributed by atoms with Crippen molar-refractivity contribution in [2.75, 3.05) is 7.11 Å². The second kappa shape index (κ2) is 9.52. The molecule has 9 heteroatoms. The summed E-state index contributed by atoms with van der Waals surface area (Å²) in [5, 5.41) is 8.29. The zero-order valence-electron chi connectivity index (χ0n) is 19.1. The van der Waals surface area contributed by atoms with Crippen LogP contribution in [0.1, 0.15) is 27.9 Å². The summed E-state index contributed by atoms with van der Waals surface area (Å²) < 4.78 is 14.4. The second-order valence-electron chi connectivity index (χ2n) is 7.86. The maximum absolute atomic E-state index is 13.5. The van der Waals surface area contributed by atoms with Crippen molar-refractivity contribution in [2.24, 2.45) is 7.05 Å². The molecule has 5 rings (SSSR count). The Morgan fingerprint density at radius 1 is 1.11 bits per heavy atom. The quantitative estimate of drug-likeness (QED) is 0.347. The van der Waals surface area contributed by atoms with Crippen LogP contribution in [-0.2, 0) is 7.05 Å². The van der Waals surface area contributed by atoms with Gasteiger partial charge in [0, 0.05) is 30.5 Å². The molecular formula is C26H22ClN5O3. The molecule has 5 aromatic rings. The topological polar surface area (TPSA) is 87.1 Å². The van der Waals surface area contributed by atoms with Crippen LogP contribution in [-0.4, -0.2) is 32.3 Å². The fraction of sp³-hybridized carbons (Fsp3) is 0.115. The molecule has 1 atom stereocenters. The largest absolute Gasteiger partial charge is 0.497 e. The van der Waals surface area contributed by atoms with Crippen LogP contribution in [0.2, 0.25) is 5.02 Å². The van der Waals surface area contributed by atoms with E-state index >= 15 is 0 Å². The number of carbonyl (C=O) groups is 1. The van der Waals surface area contributed by atoms with Gasteiger partial charge in [-0.15, -0.1) is 0 Å². The number of amides is 1. The molecule has 176 valence electrons. The molecule has 8 nitrogen and oxygen atoms in total. The number of hydrogen-bond acceptors (Lipinski definition) is 5. The number of hydrogen-bond donors (Lipinski definition) is 1. The van der Waals surface area contributed by atoms with E-state index in [1.165, 1.54) is 0 Å². The number of carbonyl (C=O) groups excluding carboxylic acids is 1. The summed E-state index contributed by atoms with van der Waals surface area (Å²) in [7, 11) is 3.50. The third-order valence-electron chi connectivity index (χ3n) is 5.63. The molecule has 0 saturated carbocycles. The zero-order valence-corrected chi connectivity index (χ0v) is 19.8. The Morgan fingerprint density at radius 2 is 1.89 bits per heavy atom. The summed E-state index contributed by atoms with van der Waals surface area (Å²) in [6, 6.07) is 19.5. The number of aryl methyl sites for hydroxylation is 1. The van der Waals surface area contributed by atoms with Crippen LogP contribution in [0.25, 0.3) is 17.1 Å². The first-order valence-electron chi connectivity index (χ1n) is 10.9. The minimum atomic E-state index is -0.499. The lowest BCUT2D eigenvalue weighted by atomic mass is 10.1. The van der Waals surface area contributed by atoms with Crippen molar-refractivity contribution in [2.45, 2.75) is 6.04 Å². The van der Waals surface area contributed by atoms with Crippen LogP contribution in [0.3, 0.4) is 0 Å². The van der Waals surface area contributed by atoms with Crippen molar-refractivity contribution in [3.8, 4) is 22.9 Å². The summed E-state index contributed by atoms with van der Waals surface area (Å²) in [6.07, 6.45) is 5.11. The molecule has 0 spiro atoms. The first-order chi connectivity index (χ1) is 17.0. The fourth-order valence-electron chi connectivity index (χ4n) is 3.82. The molecule has 0 aliphatic heterocycles. The molecule has 1 unspecified atom stereocenters. The SMILES string of the molecule is COc1ccc(C(NC(=O)c2cc(-c3ccco3)n(-c3ccc(Cl)cc3)n2)c2nccn2C)cc1. The maximum Gasteiger partial charge on any atom is 0.272 e. The molecular weight excluding hydrogens is 466 g/mol. The maximum atomic E-state index is 13.5. The van der Waals surface area contributed by atoms with Crippen LogP contribution in [0.5, 0.6) is 5.75 Å². The average Bonchev–Trinajstić information content (AvgIpc) is 3.64. The van der Waals surface area contributed by atoms with Crippen LogP contribution in [0.4, 0.5) is 0 Å². The predicted octanol–water partition coefficient (Wildman–Crippen LogP) is 5.05. The minimum absolute atomic E-state index is 0.235. The smallest absolute Gasteiger partial charge is 0.272 e. The number of nitrogens with one attached hydrogen (secondary N) is 1. The Bertz CT molecular complexity index is 1440. The van der Waals surface area contributed by atoms with Crippen LogP contribution in [0.15, 0.2) is 89.8 Å². The molecule has 0 radical (unpaired) electrons. The molecule has 0 aliphatic rings. The number of rotatable bonds is 7. The fourth-order valence-corrected chi connectivity index (χ4v) is 3.95. The van der Waals surface area contributed by atoms with E-state index in [2.05, 4.69) is 15.4 Å². The second-order valence-corrected chi connectivity index (χ2v) is 8.29. The van der Waals surface area contributed by atoms with Crippen molar-refractivity contribution in [3.05, 3.63) is 107 Å². The predicted molar refractivity (Wildman–Crippen MR) is 132 cm³/mol. The van der Waals surface area contributed by atoms with E-state index in [4.69, 9.17) is 20.8 Å². The minimum Gasteiger partial charge on any atom is -0.497 e. The van der Waals surface area contributed by atoms with Gasteiger partial charge >= 0.3 is 0 Å².